The van der Waals surface area contributed by atoms with Gasteiger partial charge >= 0.3 is 0 Å². The van der Waals surface area contributed by atoms with E-state index in [1.54, 1.807) is 0 Å². The van der Waals surface area contributed by atoms with E-state index in [9.17, 15) is 0 Å². The first-order chi connectivity index (χ1) is 31.5. The molecule has 0 N–H and O–H groups in total. The predicted octanol–water partition coefficient (Wildman–Crippen LogP) is 19.9. The molecule has 0 spiro atoms. The van der Waals surface area contributed by atoms with Gasteiger partial charge in [-0.25, -0.2) is 0 Å². The number of hydrogen-bond acceptors (Lipinski definition) is 0. The third-order valence-corrected chi connectivity index (χ3v) is 13.7. The number of benzene rings is 10. The Balaban J connectivity index is 0.000000462. The van der Waals surface area contributed by atoms with Crippen LogP contribution < -0.4 is 0 Å². The summed E-state index contributed by atoms with van der Waals surface area (Å²) in [6.45, 7) is 18.9. The summed E-state index contributed by atoms with van der Waals surface area (Å²) < 4.78 is 0. The molecule has 0 bridgehead atoms. The molecule has 2 atom stereocenters. The fourth-order valence-electron chi connectivity index (χ4n) is 9.91. The van der Waals surface area contributed by atoms with Crippen molar-refractivity contribution in [1.29, 1.82) is 0 Å². The Labute approximate surface area is 383 Å². The fourth-order valence-corrected chi connectivity index (χ4v) is 9.91. The summed E-state index contributed by atoms with van der Waals surface area (Å²) in [5.41, 5.74) is 10.8. The summed E-state index contributed by atoms with van der Waals surface area (Å²) in [4.78, 5) is 0. The minimum atomic E-state index is 0.580. The first-order valence-electron chi connectivity index (χ1n) is 24.4. The molecule has 0 heteroatoms. The van der Waals surface area contributed by atoms with Crippen LogP contribution in [0.3, 0.4) is 0 Å². The normalized spacial score (nSPS) is 15.3. The van der Waals surface area contributed by atoms with Crippen molar-refractivity contribution in [3.8, 4) is 33.4 Å². The molecule has 0 amide bonds. The van der Waals surface area contributed by atoms with E-state index in [4.69, 9.17) is 0 Å². The molecule has 64 heavy (non-hydrogen) atoms. The van der Waals surface area contributed by atoms with Crippen molar-refractivity contribution in [2.75, 3.05) is 0 Å². The molecule has 1 unspecified atom stereocenters. The van der Waals surface area contributed by atoms with Crippen LogP contribution in [0.2, 0.25) is 0 Å². The highest BCUT2D eigenvalue weighted by atomic mass is 14.3. The molecule has 2 aliphatic carbocycles. The van der Waals surface area contributed by atoms with Gasteiger partial charge in [-0.2, -0.15) is 0 Å². The number of rotatable bonds is 4. The van der Waals surface area contributed by atoms with Crippen LogP contribution in [0.4, 0.5) is 0 Å². The molecule has 0 radical (unpaired) electrons. The van der Waals surface area contributed by atoms with Gasteiger partial charge in [-0.3, -0.25) is 0 Å². The van der Waals surface area contributed by atoms with Crippen LogP contribution in [0.15, 0.2) is 170 Å². The van der Waals surface area contributed by atoms with E-state index < -0.39 is 0 Å². The topological polar surface area (TPSA) is 0 Å². The summed E-state index contributed by atoms with van der Waals surface area (Å²) in [5, 5.41) is 15.7. The highest BCUT2D eigenvalue weighted by molar-refractivity contribution is 6.15. The molecule has 0 aromatic heterocycles. The second-order valence-electron chi connectivity index (χ2n) is 17.4. The van der Waals surface area contributed by atoms with E-state index in [0.29, 0.717) is 5.92 Å². The van der Waals surface area contributed by atoms with Gasteiger partial charge in [0.05, 0.1) is 0 Å². The molecule has 12 rings (SSSR count). The fraction of sp³-hybridized carbons (Fsp3) is 0.250. The SMILES string of the molecule is CC.CC.CC.CC1C[C@H]1C.Cc1cc2ccccc2c2cccc(-c3cccc(-c4ccc5c(ccc6cc(-c7ccc8c(ccc9ccccc98)c7)ccc65)c4)c3C3CCC3)c12. The Morgan fingerprint density at radius 1 is 0.359 bits per heavy atom. The van der Waals surface area contributed by atoms with Crippen molar-refractivity contribution >= 4 is 64.6 Å². The lowest BCUT2D eigenvalue weighted by Gasteiger charge is -2.31. The number of aryl methyl sites for hydroxylation is 1. The van der Waals surface area contributed by atoms with E-state index in [2.05, 4.69) is 191 Å². The summed E-state index contributed by atoms with van der Waals surface area (Å²) in [5.74, 6) is 2.68. The van der Waals surface area contributed by atoms with Gasteiger partial charge < -0.3 is 0 Å². The largest absolute Gasteiger partial charge is 0.0683 e. The van der Waals surface area contributed by atoms with E-state index in [-0.39, 0.29) is 0 Å². The minimum Gasteiger partial charge on any atom is -0.0683 e. The van der Waals surface area contributed by atoms with Gasteiger partial charge in [-0.05, 0) is 171 Å². The predicted molar refractivity (Wildman–Crippen MR) is 286 cm³/mol. The van der Waals surface area contributed by atoms with Crippen LogP contribution in [0.1, 0.15) is 98.1 Å². The summed E-state index contributed by atoms with van der Waals surface area (Å²) in [6, 6.07) is 64.0. The molecular weight excluding hydrogens is 769 g/mol. The quantitative estimate of drug-likeness (QED) is 0.155. The Bertz CT molecular complexity index is 3230. The summed E-state index contributed by atoms with van der Waals surface area (Å²) in [6.07, 6.45) is 5.29. The van der Waals surface area contributed by atoms with Crippen molar-refractivity contribution in [2.24, 2.45) is 11.8 Å². The molecule has 0 nitrogen and oxygen atoms in total. The van der Waals surface area contributed by atoms with Gasteiger partial charge in [0.25, 0.3) is 0 Å². The molecule has 2 aliphatic rings. The Morgan fingerprint density at radius 2 is 0.766 bits per heavy atom. The molecule has 10 aromatic carbocycles. The smallest absolute Gasteiger partial charge is 0.00696 e. The molecular formula is C64H66. The highest BCUT2D eigenvalue weighted by Crippen LogP contribution is 2.48. The lowest BCUT2D eigenvalue weighted by atomic mass is 9.73. The molecule has 10 aromatic rings. The third kappa shape index (κ3) is 8.44. The standard InChI is InChI=1S/C53H38.C5H10.3C2H6/c1-33-29-38-10-3-5-14-44(38)49-16-8-17-50(52(33)49)51-18-7-15-48(53(51)35-11-6-12-35)42-25-28-47-41(32-42)22-21-40-31-37(24-27-46(40)47)36-23-26-45-39(30-36)20-19-34-9-2-4-13-43(34)45;1-4-3-5(4)2;3*1-2/h2-5,7-10,13-32,35H,6,11-12H2,1H3;4-5H,3H2,1-2H3;3*1-2H3/t;4-,5?;;;/m.1.../s1. The van der Waals surface area contributed by atoms with E-state index in [1.165, 1.54) is 135 Å². The molecule has 0 heterocycles. The average Bonchev–Trinajstić information content (AvgIpc) is 4.02. The van der Waals surface area contributed by atoms with Crippen LogP contribution in [-0.2, 0) is 0 Å². The van der Waals surface area contributed by atoms with Crippen LogP contribution >= 0.6 is 0 Å². The minimum absolute atomic E-state index is 0.580. The van der Waals surface area contributed by atoms with Crippen LogP contribution in [0, 0.1) is 18.8 Å². The molecule has 322 valence electrons. The lowest BCUT2D eigenvalue weighted by molar-refractivity contribution is 0.421. The summed E-state index contributed by atoms with van der Waals surface area (Å²) in [7, 11) is 0. The maximum absolute atomic E-state index is 2.43. The van der Waals surface area contributed by atoms with Gasteiger partial charge in [0.2, 0.25) is 0 Å². The number of fused-ring (bicyclic) bond motifs is 9. The maximum Gasteiger partial charge on any atom is -0.00696 e. The number of hydrogen-bond donors (Lipinski definition) is 0. The Morgan fingerprint density at radius 3 is 1.31 bits per heavy atom. The average molecular weight is 835 g/mol. The van der Waals surface area contributed by atoms with E-state index in [1.807, 2.05) is 41.5 Å². The van der Waals surface area contributed by atoms with Gasteiger partial charge in [0, 0.05) is 0 Å². The molecule has 2 fully saturated rings. The first-order valence-corrected chi connectivity index (χ1v) is 24.4. The van der Waals surface area contributed by atoms with E-state index >= 15 is 0 Å². The maximum atomic E-state index is 2.43. The molecule has 0 aliphatic heterocycles. The molecule has 2 saturated carbocycles. The van der Waals surface area contributed by atoms with E-state index in [0.717, 1.165) is 11.8 Å². The van der Waals surface area contributed by atoms with Crippen molar-refractivity contribution in [3.05, 3.63) is 181 Å². The lowest BCUT2D eigenvalue weighted by Crippen LogP contribution is -2.11. The van der Waals surface area contributed by atoms with Gasteiger partial charge in [0.1, 0.15) is 0 Å². The van der Waals surface area contributed by atoms with Gasteiger partial charge in [0.15, 0.2) is 0 Å². The Kier molecular flexibility index (Phi) is 13.6. The van der Waals surface area contributed by atoms with Crippen molar-refractivity contribution < 1.29 is 0 Å². The molecule has 0 saturated heterocycles. The van der Waals surface area contributed by atoms with Crippen molar-refractivity contribution in [2.45, 2.75) is 93.9 Å². The van der Waals surface area contributed by atoms with Crippen LogP contribution in [-0.4, -0.2) is 0 Å². The highest BCUT2D eigenvalue weighted by Gasteiger charge is 2.27. The van der Waals surface area contributed by atoms with Crippen molar-refractivity contribution in [1.82, 2.24) is 0 Å². The monoisotopic (exact) mass is 835 g/mol. The first kappa shape index (κ1) is 44.4. The summed E-state index contributed by atoms with van der Waals surface area (Å²) >= 11 is 0. The van der Waals surface area contributed by atoms with Crippen LogP contribution in [0.25, 0.3) is 98.0 Å². The zero-order valence-corrected chi connectivity index (χ0v) is 39.7. The zero-order valence-electron chi connectivity index (χ0n) is 39.7. The second-order valence-corrected chi connectivity index (χ2v) is 17.4. The Hall–Kier alpha value is -6.24. The van der Waals surface area contributed by atoms with Gasteiger partial charge in [-0.15, -0.1) is 0 Å². The van der Waals surface area contributed by atoms with Gasteiger partial charge in [-0.1, -0.05) is 213 Å². The zero-order chi connectivity index (χ0) is 44.9. The van der Waals surface area contributed by atoms with Crippen molar-refractivity contribution in [3.63, 3.8) is 0 Å². The second kappa shape index (κ2) is 19.7. The van der Waals surface area contributed by atoms with Crippen LogP contribution in [0.5, 0.6) is 0 Å². The third-order valence-electron chi connectivity index (χ3n) is 13.7.